The van der Waals surface area contributed by atoms with Crippen LogP contribution in [-0.2, 0) is 17.8 Å². The van der Waals surface area contributed by atoms with Crippen molar-refractivity contribution in [3.8, 4) is 11.5 Å². The van der Waals surface area contributed by atoms with Crippen LogP contribution in [0.5, 0.6) is 11.5 Å². The first-order chi connectivity index (χ1) is 12.2. The number of benzene rings is 2. The van der Waals surface area contributed by atoms with E-state index in [1.165, 1.54) is 3.57 Å². The van der Waals surface area contributed by atoms with Crippen molar-refractivity contribution < 1.29 is 19.4 Å². The van der Waals surface area contributed by atoms with Crippen LogP contribution in [0.3, 0.4) is 0 Å². The highest BCUT2D eigenvalue weighted by Gasteiger charge is 2.40. The molecule has 138 valence electrons. The summed E-state index contributed by atoms with van der Waals surface area (Å²) in [5.74, 6) is 0.665. The van der Waals surface area contributed by atoms with Gasteiger partial charge >= 0.3 is 5.97 Å². The van der Waals surface area contributed by atoms with E-state index in [4.69, 9.17) is 9.47 Å². The summed E-state index contributed by atoms with van der Waals surface area (Å²) in [7, 11) is 0. The van der Waals surface area contributed by atoms with Crippen LogP contribution in [0.1, 0.15) is 41.2 Å². The van der Waals surface area contributed by atoms with Crippen molar-refractivity contribution in [2.45, 2.75) is 52.7 Å². The van der Waals surface area contributed by atoms with E-state index in [1.54, 1.807) is 6.92 Å². The van der Waals surface area contributed by atoms with E-state index in [0.29, 0.717) is 25.2 Å². The average molecular weight is 466 g/mol. The fourth-order valence-corrected chi connectivity index (χ4v) is 3.91. The van der Waals surface area contributed by atoms with Crippen molar-refractivity contribution >= 4 is 28.6 Å². The predicted octanol–water partition coefficient (Wildman–Crippen LogP) is 4.96. The molecule has 3 rings (SSSR count). The Morgan fingerprint density at radius 2 is 1.92 bits per heavy atom. The average Bonchev–Trinajstić information content (AvgIpc) is 2.61. The molecule has 0 aliphatic carbocycles. The molecule has 1 aliphatic heterocycles. The molecule has 1 heterocycles. The Bertz CT molecular complexity index is 875. The molecule has 1 atom stereocenters. The minimum Gasteiger partial charge on any atom is -0.488 e. The minimum atomic E-state index is -1.17. The molecule has 1 unspecified atom stereocenters. The molecule has 1 N–H and O–H groups in total. The van der Waals surface area contributed by atoms with Gasteiger partial charge in [0.2, 0.25) is 5.60 Å². The molecule has 0 amide bonds. The standard InChI is InChI=1S/C21H23IO4/c1-12-13(2)19-16(9-10-21(4,26-19)20(23)24)14(3)18(12)25-11-15-7-5-6-8-17(15)22/h5-8H,9-11H2,1-4H3,(H,23,24). The molecule has 0 saturated heterocycles. The van der Waals surface area contributed by atoms with Crippen molar-refractivity contribution in [1.29, 1.82) is 0 Å². The second kappa shape index (κ2) is 7.10. The third kappa shape index (κ3) is 3.29. The van der Waals surface area contributed by atoms with Gasteiger partial charge in [0.05, 0.1) is 0 Å². The Labute approximate surface area is 167 Å². The van der Waals surface area contributed by atoms with Crippen LogP contribution in [0.25, 0.3) is 0 Å². The van der Waals surface area contributed by atoms with E-state index in [0.717, 1.165) is 33.6 Å². The number of hydrogen-bond donors (Lipinski definition) is 1. The Kier molecular flexibility index (Phi) is 5.19. The van der Waals surface area contributed by atoms with Gasteiger partial charge in [0.15, 0.2) is 0 Å². The zero-order valence-corrected chi connectivity index (χ0v) is 17.6. The molecule has 0 saturated carbocycles. The second-order valence-electron chi connectivity index (χ2n) is 7.03. The molecule has 0 radical (unpaired) electrons. The lowest BCUT2D eigenvalue weighted by Crippen LogP contribution is -2.44. The SMILES string of the molecule is Cc1c(C)c2c(c(C)c1OCc1ccccc1I)CCC(C)(C(=O)O)O2. The van der Waals surface area contributed by atoms with E-state index in [9.17, 15) is 9.90 Å². The second-order valence-corrected chi connectivity index (χ2v) is 8.19. The summed E-state index contributed by atoms with van der Waals surface area (Å²) in [5, 5.41) is 9.49. The summed E-state index contributed by atoms with van der Waals surface area (Å²) in [6.07, 6.45) is 1.12. The number of fused-ring (bicyclic) bond motifs is 1. The summed E-state index contributed by atoms with van der Waals surface area (Å²) in [4.78, 5) is 11.6. The summed E-state index contributed by atoms with van der Waals surface area (Å²) in [6, 6.07) is 8.16. The lowest BCUT2D eigenvalue weighted by Gasteiger charge is -2.35. The van der Waals surface area contributed by atoms with Crippen molar-refractivity contribution in [1.82, 2.24) is 0 Å². The first-order valence-electron chi connectivity index (χ1n) is 8.66. The highest BCUT2D eigenvalue weighted by atomic mass is 127. The number of aliphatic carboxylic acids is 1. The molecule has 0 fully saturated rings. The summed E-state index contributed by atoms with van der Waals surface area (Å²) >= 11 is 2.32. The van der Waals surface area contributed by atoms with Gasteiger partial charge < -0.3 is 14.6 Å². The topological polar surface area (TPSA) is 55.8 Å². The third-order valence-electron chi connectivity index (χ3n) is 5.27. The molecule has 0 aromatic heterocycles. The Morgan fingerprint density at radius 3 is 2.58 bits per heavy atom. The van der Waals surface area contributed by atoms with E-state index >= 15 is 0 Å². The van der Waals surface area contributed by atoms with Gasteiger partial charge in [0.1, 0.15) is 18.1 Å². The van der Waals surface area contributed by atoms with E-state index in [1.807, 2.05) is 32.9 Å². The number of carboxylic acid groups (broad SMARTS) is 1. The quantitative estimate of drug-likeness (QED) is 0.648. The number of carbonyl (C=O) groups is 1. The smallest absolute Gasteiger partial charge is 0.347 e. The normalized spacial score (nSPS) is 18.8. The zero-order chi connectivity index (χ0) is 19.1. The fraction of sp³-hybridized carbons (Fsp3) is 0.381. The maximum atomic E-state index is 11.6. The van der Waals surface area contributed by atoms with E-state index < -0.39 is 11.6 Å². The highest BCUT2D eigenvalue weighted by Crippen LogP contribution is 2.44. The lowest BCUT2D eigenvalue weighted by molar-refractivity contribution is -0.155. The molecular formula is C21H23IO4. The van der Waals surface area contributed by atoms with Crippen LogP contribution in [0.2, 0.25) is 0 Å². The monoisotopic (exact) mass is 466 g/mol. The molecule has 5 heteroatoms. The molecule has 0 bridgehead atoms. The predicted molar refractivity (Wildman–Crippen MR) is 109 cm³/mol. The Balaban J connectivity index is 1.96. The number of ether oxygens (including phenoxy) is 2. The number of halogens is 1. The molecule has 2 aromatic rings. The maximum absolute atomic E-state index is 11.6. The number of carboxylic acids is 1. The van der Waals surface area contributed by atoms with Crippen molar-refractivity contribution in [2.24, 2.45) is 0 Å². The zero-order valence-electron chi connectivity index (χ0n) is 15.5. The fourth-order valence-electron chi connectivity index (χ4n) is 3.37. The van der Waals surface area contributed by atoms with Crippen molar-refractivity contribution in [3.05, 3.63) is 55.7 Å². The Hall–Kier alpha value is -1.76. The van der Waals surface area contributed by atoms with Gasteiger partial charge in [-0.15, -0.1) is 0 Å². The highest BCUT2D eigenvalue weighted by molar-refractivity contribution is 14.1. The van der Waals surface area contributed by atoms with Crippen LogP contribution < -0.4 is 9.47 Å². The first-order valence-corrected chi connectivity index (χ1v) is 9.73. The van der Waals surface area contributed by atoms with Crippen LogP contribution in [0.4, 0.5) is 0 Å². The lowest BCUT2D eigenvalue weighted by atomic mass is 9.87. The van der Waals surface area contributed by atoms with Gasteiger partial charge in [0.25, 0.3) is 0 Å². The Morgan fingerprint density at radius 1 is 1.23 bits per heavy atom. The van der Waals surface area contributed by atoms with Gasteiger partial charge in [-0.1, -0.05) is 18.2 Å². The summed E-state index contributed by atoms with van der Waals surface area (Å²) in [6.45, 7) is 8.16. The van der Waals surface area contributed by atoms with Crippen LogP contribution in [0.15, 0.2) is 24.3 Å². The van der Waals surface area contributed by atoms with Crippen molar-refractivity contribution in [3.63, 3.8) is 0 Å². The molecule has 0 spiro atoms. The molecule has 1 aliphatic rings. The number of hydrogen-bond acceptors (Lipinski definition) is 3. The van der Waals surface area contributed by atoms with Crippen molar-refractivity contribution in [2.75, 3.05) is 0 Å². The maximum Gasteiger partial charge on any atom is 0.347 e. The van der Waals surface area contributed by atoms with E-state index in [-0.39, 0.29) is 0 Å². The van der Waals surface area contributed by atoms with Gasteiger partial charge in [-0.05, 0) is 79.5 Å². The van der Waals surface area contributed by atoms with Gasteiger partial charge in [-0.2, -0.15) is 0 Å². The molecule has 26 heavy (non-hydrogen) atoms. The first kappa shape index (κ1) is 19.0. The van der Waals surface area contributed by atoms with Gasteiger partial charge in [-0.3, -0.25) is 0 Å². The molecule has 4 nitrogen and oxygen atoms in total. The summed E-state index contributed by atoms with van der Waals surface area (Å²) in [5.41, 5.74) is 4.04. The minimum absolute atomic E-state index is 0.453. The van der Waals surface area contributed by atoms with Crippen LogP contribution in [0, 0.1) is 24.3 Å². The molecule has 2 aromatic carbocycles. The number of rotatable bonds is 4. The van der Waals surface area contributed by atoms with Gasteiger partial charge in [0, 0.05) is 21.1 Å². The van der Waals surface area contributed by atoms with Gasteiger partial charge in [-0.25, -0.2) is 4.79 Å². The van der Waals surface area contributed by atoms with E-state index in [2.05, 4.69) is 34.7 Å². The van der Waals surface area contributed by atoms with Crippen LogP contribution in [-0.4, -0.2) is 16.7 Å². The largest absolute Gasteiger partial charge is 0.488 e. The third-order valence-corrected chi connectivity index (χ3v) is 6.33. The summed E-state index contributed by atoms with van der Waals surface area (Å²) < 4.78 is 13.3. The molecular weight excluding hydrogens is 443 g/mol. The van der Waals surface area contributed by atoms with Crippen LogP contribution >= 0.6 is 22.6 Å².